The maximum Gasteiger partial charge on any atom is 0.246 e. The average Bonchev–Trinajstić information content (AvgIpc) is 3.39. The molecule has 0 unspecified atom stereocenters. The van der Waals surface area contributed by atoms with Gasteiger partial charge in [-0.05, 0) is 59.7 Å². The first-order chi connectivity index (χ1) is 17.3. The van der Waals surface area contributed by atoms with Crippen molar-refractivity contribution >= 4 is 69.0 Å². The Hall–Kier alpha value is -3.39. The van der Waals surface area contributed by atoms with Gasteiger partial charge in [-0.2, -0.15) is 11.3 Å². The smallest absolute Gasteiger partial charge is 0.246 e. The lowest BCUT2D eigenvalue weighted by Crippen LogP contribution is -2.37. The molecule has 4 aromatic rings. The quantitative estimate of drug-likeness (QED) is 0.267. The molecular formula is C27H23Cl2N3O3S. The van der Waals surface area contributed by atoms with Crippen molar-refractivity contribution in [3.63, 3.8) is 0 Å². The van der Waals surface area contributed by atoms with Crippen LogP contribution in [0.3, 0.4) is 0 Å². The van der Waals surface area contributed by atoms with Crippen LogP contribution in [-0.4, -0.2) is 30.4 Å². The van der Waals surface area contributed by atoms with Crippen molar-refractivity contribution in [3.05, 3.63) is 92.2 Å². The van der Waals surface area contributed by atoms with E-state index in [1.54, 1.807) is 25.3 Å². The fourth-order valence-electron chi connectivity index (χ4n) is 3.48. The number of carbonyl (C=O) groups is 2. The SMILES string of the molecule is Cc1ccc2cccc(OCc3c(Cl)ccc(N(C)C(=O)CNC(=O)/C=C/c4ccsc4)c3Cl)c2n1. The summed E-state index contributed by atoms with van der Waals surface area (Å²) in [5.74, 6) is -0.0911. The highest BCUT2D eigenvalue weighted by molar-refractivity contribution is 7.08. The first-order valence-electron chi connectivity index (χ1n) is 11.0. The van der Waals surface area contributed by atoms with Gasteiger partial charge in [0.25, 0.3) is 0 Å². The summed E-state index contributed by atoms with van der Waals surface area (Å²) in [7, 11) is 1.59. The van der Waals surface area contributed by atoms with Crippen LogP contribution < -0.4 is 15.0 Å². The molecule has 0 aliphatic rings. The predicted molar refractivity (Wildman–Crippen MR) is 147 cm³/mol. The Balaban J connectivity index is 1.44. The number of thiophene rings is 1. The molecule has 0 saturated heterocycles. The number of amides is 2. The highest BCUT2D eigenvalue weighted by Gasteiger charge is 2.19. The number of hydrogen-bond acceptors (Lipinski definition) is 5. The molecule has 2 heterocycles. The van der Waals surface area contributed by atoms with Gasteiger partial charge in [0.1, 0.15) is 17.9 Å². The third-order valence-electron chi connectivity index (χ3n) is 5.48. The van der Waals surface area contributed by atoms with Crippen molar-refractivity contribution in [2.45, 2.75) is 13.5 Å². The second-order valence-electron chi connectivity index (χ2n) is 7.99. The van der Waals surface area contributed by atoms with Crippen molar-refractivity contribution in [2.24, 2.45) is 0 Å². The molecule has 2 amide bonds. The lowest BCUT2D eigenvalue weighted by atomic mass is 10.1. The molecular weight excluding hydrogens is 517 g/mol. The minimum absolute atomic E-state index is 0.0897. The minimum Gasteiger partial charge on any atom is -0.487 e. The van der Waals surface area contributed by atoms with Crippen molar-refractivity contribution in [2.75, 3.05) is 18.5 Å². The van der Waals surface area contributed by atoms with E-state index in [2.05, 4.69) is 10.3 Å². The van der Waals surface area contributed by atoms with Gasteiger partial charge in [-0.3, -0.25) is 9.59 Å². The summed E-state index contributed by atoms with van der Waals surface area (Å²) in [6.45, 7) is 1.82. The molecule has 0 atom stereocenters. The molecule has 2 aromatic carbocycles. The Labute approximate surface area is 223 Å². The van der Waals surface area contributed by atoms with Gasteiger partial charge in [-0.1, -0.05) is 41.4 Å². The highest BCUT2D eigenvalue weighted by Crippen LogP contribution is 2.35. The van der Waals surface area contributed by atoms with E-state index < -0.39 is 0 Å². The number of benzene rings is 2. The predicted octanol–water partition coefficient (Wildman–Crippen LogP) is 6.28. The number of halogens is 2. The number of nitrogens with one attached hydrogen (secondary N) is 1. The Kier molecular flexibility index (Phi) is 8.25. The van der Waals surface area contributed by atoms with Crippen LogP contribution >= 0.6 is 34.5 Å². The number of rotatable bonds is 8. The number of ether oxygens (including phenoxy) is 1. The zero-order valence-electron chi connectivity index (χ0n) is 19.6. The number of aryl methyl sites for hydroxylation is 1. The summed E-state index contributed by atoms with van der Waals surface area (Å²) in [6.07, 6.45) is 3.08. The summed E-state index contributed by atoms with van der Waals surface area (Å²) in [5, 5.41) is 8.11. The summed E-state index contributed by atoms with van der Waals surface area (Å²) in [6, 6.07) is 14.9. The number of carbonyl (C=O) groups excluding carboxylic acids is 2. The summed E-state index contributed by atoms with van der Waals surface area (Å²) < 4.78 is 6.05. The summed E-state index contributed by atoms with van der Waals surface area (Å²) in [5.41, 5.74) is 3.56. The Morgan fingerprint density at radius 3 is 2.75 bits per heavy atom. The molecule has 0 aliphatic heterocycles. The average molecular weight is 540 g/mol. The molecule has 9 heteroatoms. The molecule has 36 heavy (non-hydrogen) atoms. The van der Waals surface area contributed by atoms with Crippen molar-refractivity contribution in [3.8, 4) is 5.75 Å². The standard InChI is InChI=1S/C27H23Cl2N3O3S/c1-17-6-8-19-4-3-5-23(27(19)31-17)35-15-20-21(28)9-10-22(26(20)29)32(2)25(34)14-30-24(33)11-7-18-12-13-36-16-18/h3-13,16H,14-15H2,1-2H3,(H,30,33)/b11-7+. The van der Waals surface area contributed by atoms with E-state index in [-0.39, 0.29) is 25.0 Å². The van der Waals surface area contributed by atoms with Gasteiger partial charge in [0, 0.05) is 34.8 Å². The van der Waals surface area contributed by atoms with E-state index in [1.165, 1.54) is 22.3 Å². The second kappa shape index (κ2) is 11.6. The van der Waals surface area contributed by atoms with Crippen molar-refractivity contribution in [1.29, 1.82) is 0 Å². The van der Waals surface area contributed by atoms with Crippen LogP contribution in [0, 0.1) is 6.92 Å². The number of fused-ring (bicyclic) bond motifs is 1. The van der Waals surface area contributed by atoms with E-state index in [1.807, 2.05) is 54.1 Å². The van der Waals surface area contributed by atoms with Crippen molar-refractivity contribution < 1.29 is 14.3 Å². The van der Waals surface area contributed by atoms with Gasteiger partial charge in [0.15, 0.2) is 0 Å². The largest absolute Gasteiger partial charge is 0.487 e. The van der Waals surface area contributed by atoms with Crippen LogP contribution in [0.25, 0.3) is 17.0 Å². The van der Waals surface area contributed by atoms with Gasteiger partial charge in [-0.15, -0.1) is 0 Å². The first-order valence-corrected chi connectivity index (χ1v) is 12.7. The lowest BCUT2D eigenvalue weighted by Gasteiger charge is -2.21. The van der Waals surface area contributed by atoms with Crippen LogP contribution in [0.4, 0.5) is 5.69 Å². The molecule has 0 spiro atoms. The third-order valence-corrected chi connectivity index (χ3v) is 6.96. The van der Waals surface area contributed by atoms with Crippen LogP contribution in [0.1, 0.15) is 16.8 Å². The van der Waals surface area contributed by atoms with E-state index in [0.29, 0.717) is 27.0 Å². The Morgan fingerprint density at radius 1 is 1.14 bits per heavy atom. The monoisotopic (exact) mass is 539 g/mol. The topological polar surface area (TPSA) is 71.5 Å². The van der Waals surface area contributed by atoms with Gasteiger partial charge < -0.3 is 15.0 Å². The van der Waals surface area contributed by atoms with Gasteiger partial charge in [-0.25, -0.2) is 4.98 Å². The molecule has 0 aliphatic carbocycles. The molecule has 2 aromatic heterocycles. The first kappa shape index (κ1) is 25.7. The van der Waals surface area contributed by atoms with E-state index in [0.717, 1.165) is 22.2 Å². The molecule has 6 nitrogen and oxygen atoms in total. The zero-order chi connectivity index (χ0) is 25.7. The number of likely N-dealkylation sites (N-methyl/N-ethyl adjacent to an activating group) is 1. The van der Waals surface area contributed by atoms with Gasteiger partial charge in [0.2, 0.25) is 11.8 Å². The summed E-state index contributed by atoms with van der Waals surface area (Å²) >= 11 is 14.6. The molecule has 0 bridgehead atoms. The molecule has 4 rings (SSSR count). The molecule has 0 radical (unpaired) electrons. The number of para-hydroxylation sites is 1. The third kappa shape index (κ3) is 6.05. The zero-order valence-corrected chi connectivity index (χ0v) is 22.0. The van der Waals surface area contributed by atoms with E-state index in [9.17, 15) is 9.59 Å². The van der Waals surface area contributed by atoms with Gasteiger partial charge >= 0.3 is 0 Å². The second-order valence-corrected chi connectivity index (χ2v) is 9.55. The lowest BCUT2D eigenvalue weighted by molar-refractivity contribution is -0.122. The van der Waals surface area contributed by atoms with Crippen LogP contribution in [0.15, 0.2) is 65.4 Å². The minimum atomic E-state index is -0.363. The maximum absolute atomic E-state index is 12.7. The molecule has 184 valence electrons. The number of anilines is 1. The van der Waals surface area contributed by atoms with Crippen LogP contribution in [0.5, 0.6) is 5.75 Å². The maximum atomic E-state index is 12.7. The van der Waals surface area contributed by atoms with Crippen molar-refractivity contribution in [1.82, 2.24) is 10.3 Å². The molecule has 0 saturated carbocycles. The highest BCUT2D eigenvalue weighted by atomic mass is 35.5. The number of nitrogens with zero attached hydrogens (tertiary/aromatic N) is 2. The van der Waals surface area contributed by atoms with Crippen LogP contribution in [0.2, 0.25) is 10.0 Å². The Bertz CT molecular complexity index is 1440. The number of hydrogen-bond donors (Lipinski definition) is 1. The van der Waals surface area contributed by atoms with Crippen LogP contribution in [-0.2, 0) is 16.2 Å². The summed E-state index contributed by atoms with van der Waals surface area (Å²) in [4.78, 5) is 30.8. The normalized spacial score (nSPS) is 11.1. The fourth-order valence-corrected chi connectivity index (χ4v) is 4.71. The van der Waals surface area contributed by atoms with Gasteiger partial charge in [0.05, 0.1) is 17.3 Å². The molecule has 0 fully saturated rings. The Morgan fingerprint density at radius 2 is 1.97 bits per heavy atom. The molecule has 1 N–H and O–H groups in total. The van der Waals surface area contributed by atoms with E-state index in [4.69, 9.17) is 27.9 Å². The number of pyridine rings is 1. The fraction of sp³-hybridized carbons (Fsp3) is 0.148. The number of aromatic nitrogens is 1. The van der Waals surface area contributed by atoms with E-state index >= 15 is 0 Å².